The highest BCUT2D eigenvalue weighted by atomic mass is 32.1. The molecule has 2 heterocycles. The van der Waals surface area contributed by atoms with Crippen LogP contribution in [-0.2, 0) is 0 Å². The summed E-state index contributed by atoms with van der Waals surface area (Å²) in [5.41, 5.74) is 2.81. The Kier molecular flexibility index (Phi) is 5.63. The summed E-state index contributed by atoms with van der Waals surface area (Å²) < 4.78 is 0. The quantitative estimate of drug-likeness (QED) is 0.869. The van der Waals surface area contributed by atoms with Crippen LogP contribution in [0.25, 0.3) is 10.6 Å². The van der Waals surface area contributed by atoms with Gasteiger partial charge in [0.05, 0.1) is 0 Å². The van der Waals surface area contributed by atoms with Crippen LogP contribution < -0.4 is 5.32 Å². The van der Waals surface area contributed by atoms with Gasteiger partial charge in [-0.15, -0.1) is 11.3 Å². The van der Waals surface area contributed by atoms with Gasteiger partial charge in [-0.3, -0.25) is 9.69 Å². The molecule has 1 unspecified atom stereocenters. The molecule has 128 valence electrons. The Bertz CT molecular complexity index is 674. The van der Waals surface area contributed by atoms with Crippen LogP contribution >= 0.6 is 11.3 Å². The minimum Gasteiger partial charge on any atom is -0.349 e. The second kappa shape index (κ2) is 7.90. The third-order valence-corrected chi connectivity index (χ3v) is 5.55. The highest BCUT2D eigenvalue weighted by Gasteiger charge is 2.21. The molecule has 1 fully saturated rings. The molecule has 1 aromatic heterocycles. The van der Waals surface area contributed by atoms with Gasteiger partial charge in [-0.2, -0.15) is 0 Å². The predicted octanol–water partition coefficient (Wildman–Crippen LogP) is 3.72. The molecule has 1 atom stereocenters. The van der Waals surface area contributed by atoms with Gasteiger partial charge in [0.2, 0.25) is 0 Å². The number of nitrogens with zero attached hydrogens (tertiary/aromatic N) is 2. The van der Waals surface area contributed by atoms with Crippen LogP contribution in [0.5, 0.6) is 0 Å². The zero-order valence-corrected chi connectivity index (χ0v) is 15.2. The standard InChI is InChI=1S/C19H25N3OS/c1-3-16(22-10-4-5-11-22)12-20-18(23)17-13-24-19(21-17)15-8-6-14(2)7-9-15/h6-9,13,16H,3-5,10-12H2,1-2H3,(H,20,23). The van der Waals surface area contributed by atoms with Crippen molar-refractivity contribution in [2.45, 2.75) is 39.2 Å². The summed E-state index contributed by atoms with van der Waals surface area (Å²) in [6, 6.07) is 8.68. The predicted molar refractivity (Wildman–Crippen MR) is 99.5 cm³/mol. The largest absolute Gasteiger partial charge is 0.349 e. The van der Waals surface area contributed by atoms with Crippen molar-refractivity contribution in [3.05, 3.63) is 40.9 Å². The Hall–Kier alpha value is -1.72. The van der Waals surface area contributed by atoms with E-state index in [1.54, 1.807) is 0 Å². The summed E-state index contributed by atoms with van der Waals surface area (Å²) in [6.45, 7) is 7.26. The topological polar surface area (TPSA) is 45.2 Å². The maximum atomic E-state index is 12.4. The molecule has 24 heavy (non-hydrogen) atoms. The molecule has 4 nitrogen and oxygen atoms in total. The van der Waals surface area contributed by atoms with Gasteiger partial charge in [0.1, 0.15) is 10.7 Å². The zero-order chi connectivity index (χ0) is 16.9. The average molecular weight is 343 g/mol. The molecular weight excluding hydrogens is 318 g/mol. The second-order valence-corrected chi connectivity index (χ2v) is 7.28. The third-order valence-electron chi connectivity index (χ3n) is 4.66. The molecule has 1 amide bonds. The zero-order valence-electron chi connectivity index (χ0n) is 14.4. The lowest BCUT2D eigenvalue weighted by molar-refractivity contribution is 0.0933. The van der Waals surface area contributed by atoms with Crippen molar-refractivity contribution in [3.63, 3.8) is 0 Å². The Morgan fingerprint density at radius 1 is 1.29 bits per heavy atom. The second-order valence-electron chi connectivity index (χ2n) is 6.42. The van der Waals surface area contributed by atoms with E-state index in [4.69, 9.17) is 0 Å². The van der Waals surface area contributed by atoms with Gasteiger partial charge in [0, 0.05) is 23.5 Å². The molecule has 0 radical (unpaired) electrons. The van der Waals surface area contributed by atoms with Gasteiger partial charge < -0.3 is 5.32 Å². The first-order valence-electron chi connectivity index (χ1n) is 8.72. The fourth-order valence-electron chi connectivity index (χ4n) is 3.15. The van der Waals surface area contributed by atoms with E-state index in [1.807, 2.05) is 5.38 Å². The number of carbonyl (C=O) groups is 1. The molecule has 1 aromatic carbocycles. The maximum absolute atomic E-state index is 12.4. The van der Waals surface area contributed by atoms with Gasteiger partial charge in [-0.25, -0.2) is 4.98 Å². The molecule has 2 aromatic rings. The van der Waals surface area contributed by atoms with E-state index in [0.717, 1.165) is 30.1 Å². The number of thiazole rings is 1. The molecule has 3 rings (SSSR count). The van der Waals surface area contributed by atoms with E-state index in [9.17, 15) is 4.79 Å². The summed E-state index contributed by atoms with van der Waals surface area (Å²) in [7, 11) is 0. The molecule has 1 N–H and O–H groups in total. The first kappa shape index (κ1) is 17.1. The highest BCUT2D eigenvalue weighted by Crippen LogP contribution is 2.24. The lowest BCUT2D eigenvalue weighted by atomic mass is 10.2. The van der Waals surface area contributed by atoms with Crippen LogP contribution in [0.2, 0.25) is 0 Å². The minimum absolute atomic E-state index is 0.0674. The number of rotatable bonds is 6. The molecule has 1 aliphatic rings. The lowest BCUT2D eigenvalue weighted by Crippen LogP contribution is -2.42. The maximum Gasteiger partial charge on any atom is 0.270 e. The van der Waals surface area contributed by atoms with Crippen molar-refractivity contribution in [2.24, 2.45) is 0 Å². The van der Waals surface area contributed by atoms with Crippen molar-refractivity contribution in [3.8, 4) is 10.6 Å². The molecular formula is C19H25N3OS. The van der Waals surface area contributed by atoms with E-state index < -0.39 is 0 Å². The highest BCUT2D eigenvalue weighted by molar-refractivity contribution is 7.13. The van der Waals surface area contributed by atoms with Crippen LogP contribution in [0.3, 0.4) is 0 Å². The molecule has 0 saturated carbocycles. The summed E-state index contributed by atoms with van der Waals surface area (Å²) in [5.74, 6) is -0.0674. The number of likely N-dealkylation sites (tertiary alicyclic amines) is 1. The minimum atomic E-state index is -0.0674. The first-order chi connectivity index (χ1) is 11.7. The number of benzene rings is 1. The average Bonchev–Trinajstić information content (AvgIpc) is 3.28. The normalized spacial score (nSPS) is 16.2. The number of amides is 1. The van der Waals surface area contributed by atoms with Gasteiger partial charge in [-0.1, -0.05) is 36.8 Å². The number of hydrogen-bond acceptors (Lipinski definition) is 4. The van der Waals surface area contributed by atoms with Crippen molar-refractivity contribution in [2.75, 3.05) is 19.6 Å². The monoisotopic (exact) mass is 343 g/mol. The van der Waals surface area contributed by atoms with Gasteiger partial charge in [0.15, 0.2) is 0 Å². The van der Waals surface area contributed by atoms with Crippen molar-refractivity contribution in [1.82, 2.24) is 15.2 Å². The number of carbonyl (C=O) groups excluding carboxylic acids is 1. The summed E-state index contributed by atoms with van der Waals surface area (Å²) >= 11 is 1.52. The molecule has 1 aliphatic heterocycles. The Morgan fingerprint density at radius 3 is 2.67 bits per heavy atom. The van der Waals surface area contributed by atoms with Crippen LogP contribution in [0.15, 0.2) is 29.6 Å². The molecule has 5 heteroatoms. The summed E-state index contributed by atoms with van der Waals surface area (Å²) in [4.78, 5) is 19.4. The van der Waals surface area contributed by atoms with Crippen molar-refractivity contribution in [1.29, 1.82) is 0 Å². The van der Waals surface area contributed by atoms with Crippen molar-refractivity contribution >= 4 is 17.2 Å². The Labute approximate surface area is 147 Å². The molecule has 0 aliphatic carbocycles. The van der Waals surface area contributed by atoms with E-state index in [0.29, 0.717) is 18.3 Å². The van der Waals surface area contributed by atoms with E-state index >= 15 is 0 Å². The number of aromatic nitrogens is 1. The smallest absolute Gasteiger partial charge is 0.270 e. The molecule has 1 saturated heterocycles. The first-order valence-corrected chi connectivity index (χ1v) is 9.60. The Balaban J connectivity index is 1.60. The van der Waals surface area contributed by atoms with Crippen LogP contribution in [-0.4, -0.2) is 41.5 Å². The van der Waals surface area contributed by atoms with E-state index in [2.05, 4.69) is 53.3 Å². The van der Waals surface area contributed by atoms with Gasteiger partial charge in [0.25, 0.3) is 5.91 Å². The van der Waals surface area contributed by atoms with Gasteiger partial charge >= 0.3 is 0 Å². The fraction of sp³-hybridized carbons (Fsp3) is 0.474. The van der Waals surface area contributed by atoms with Crippen LogP contribution in [0.4, 0.5) is 0 Å². The summed E-state index contributed by atoms with van der Waals surface area (Å²) in [6.07, 6.45) is 3.61. The van der Waals surface area contributed by atoms with Crippen LogP contribution in [0.1, 0.15) is 42.2 Å². The van der Waals surface area contributed by atoms with Crippen LogP contribution in [0, 0.1) is 6.92 Å². The number of nitrogens with one attached hydrogen (secondary N) is 1. The van der Waals surface area contributed by atoms with Gasteiger partial charge in [-0.05, 0) is 39.3 Å². The molecule has 0 bridgehead atoms. The SMILES string of the molecule is CCC(CNC(=O)c1csc(-c2ccc(C)cc2)n1)N1CCCC1. The number of hydrogen-bond donors (Lipinski definition) is 1. The fourth-order valence-corrected chi connectivity index (χ4v) is 3.95. The third kappa shape index (κ3) is 4.02. The van der Waals surface area contributed by atoms with E-state index in [1.165, 1.54) is 29.7 Å². The molecule has 0 spiro atoms. The number of aryl methyl sites for hydroxylation is 1. The van der Waals surface area contributed by atoms with Crippen molar-refractivity contribution < 1.29 is 4.79 Å². The lowest BCUT2D eigenvalue weighted by Gasteiger charge is -2.26. The van der Waals surface area contributed by atoms with E-state index in [-0.39, 0.29) is 5.91 Å². The summed E-state index contributed by atoms with van der Waals surface area (Å²) in [5, 5.41) is 5.81. The Morgan fingerprint density at radius 2 is 2.00 bits per heavy atom.